The van der Waals surface area contributed by atoms with E-state index < -0.39 is 11.8 Å². The lowest BCUT2D eigenvalue weighted by Gasteiger charge is -2.08. The van der Waals surface area contributed by atoms with E-state index in [9.17, 15) is 9.59 Å². The number of fused-ring (bicyclic) bond motifs is 1. The van der Waals surface area contributed by atoms with E-state index in [1.165, 1.54) is 12.2 Å². The van der Waals surface area contributed by atoms with Gasteiger partial charge in [-0.2, -0.15) is 5.26 Å². The number of rotatable bonds is 5. The van der Waals surface area contributed by atoms with Crippen LogP contribution in [-0.4, -0.2) is 23.4 Å². The second-order valence-corrected chi connectivity index (χ2v) is 5.29. The number of hydrazine groups is 1. The fourth-order valence-corrected chi connectivity index (χ4v) is 2.15. The molecule has 8 heteroatoms. The highest BCUT2D eigenvalue weighted by Gasteiger charge is 2.07. The Hall–Kier alpha value is -4.12. The molecule has 0 aliphatic rings. The SMILES string of the molecule is N#Cc1ccccc1OCC(=O)NNC(=O)/C=C/c1nc2ccccc2o1. The van der Waals surface area contributed by atoms with Crippen LogP contribution >= 0.6 is 0 Å². The Morgan fingerprint density at radius 2 is 1.93 bits per heavy atom. The minimum Gasteiger partial charge on any atom is -0.482 e. The standard InChI is InChI=1S/C19H14N4O4/c20-11-13-5-1-3-7-15(13)26-12-18(25)23-22-17(24)9-10-19-21-14-6-2-4-8-16(14)27-19/h1-10H,12H2,(H,22,24)(H,23,25)/b10-9+. The Bertz CT molecular complexity index is 1020. The smallest absolute Gasteiger partial charge is 0.276 e. The third-order valence-electron chi connectivity index (χ3n) is 3.38. The molecule has 0 saturated heterocycles. The van der Waals surface area contributed by atoms with Gasteiger partial charge in [0.25, 0.3) is 11.8 Å². The van der Waals surface area contributed by atoms with E-state index in [1.54, 1.807) is 36.4 Å². The number of carbonyl (C=O) groups is 2. The number of nitrogens with one attached hydrogen (secondary N) is 2. The lowest BCUT2D eigenvalue weighted by Crippen LogP contribution is -2.43. The summed E-state index contributed by atoms with van der Waals surface area (Å²) >= 11 is 0. The summed E-state index contributed by atoms with van der Waals surface area (Å²) in [5.41, 5.74) is 6.02. The molecule has 2 amide bonds. The molecule has 2 aromatic carbocycles. The number of hydrogen-bond acceptors (Lipinski definition) is 6. The van der Waals surface area contributed by atoms with Crippen molar-refractivity contribution in [3.63, 3.8) is 0 Å². The van der Waals surface area contributed by atoms with Crippen molar-refractivity contribution in [1.82, 2.24) is 15.8 Å². The first-order chi connectivity index (χ1) is 13.2. The molecule has 2 N–H and O–H groups in total. The number of oxazole rings is 1. The maximum Gasteiger partial charge on any atom is 0.276 e. The summed E-state index contributed by atoms with van der Waals surface area (Å²) in [7, 11) is 0. The second kappa shape index (κ2) is 8.31. The topological polar surface area (TPSA) is 117 Å². The van der Waals surface area contributed by atoms with E-state index in [4.69, 9.17) is 14.4 Å². The van der Waals surface area contributed by atoms with Crippen LogP contribution in [0.4, 0.5) is 0 Å². The van der Waals surface area contributed by atoms with Gasteiger partial charge in [-0.15, -0.1) is 0 Å². The first kappa shape index (κ1) is 17.7. The third-order valence-corrected chi connectivity index (χ3v) is 3.38. The molecule has 0 saturated carbocycles. The van der Waals surface area contributed by atoms with Crippen LogP contribution in [0.5, 0.6) is 5.75 Å². The minimum absolute atomic E-state index is 0.272. The van der Waals surface area contributed by atoms with Crippen molar-refractivity contribution < 1.29 is 18.7 Å². The summed E-state index contributed by atoms with van der Waals surface area (Å²) in [4.78, 5) is 27.7. The number of benzene rings is 2. The Balaban J connectivity index is 1.47. The van der Waals surface area contributed by atoms with E-state index in [-0.39, 0.29) is 18.2 Å². The number of nitrogens with zero attached hydrogens (tertiary/aromatic N) is 2. The van der Waals surface area contributed by atoms with Crippen molar-refractivity contribution in [3.05, 3.63) is 66.1 Å². The summed E-state index contributed by atoms with van der Waals surface area (Å²) < 4.78 is 10.7. The number of hydrogen-bond donors (Lipinski definition) is 2. The number of aromatic nitrogens is 1. The van der Waals surface area contributed by atoms with Gasteiger partial charge >= 0.3 is 0 Å². The fraction of sp³-hybridized carbons (Fsp3) is 0.0526. The Labute approximate surface area is 154 Å². The van der Waals surface area contributed by atoms with Gasteiger partial charge in [0.1, 0.15) is 17.3 Å². The minimum atomic E-state index is -0.577. The molecule has 0 aliphatic carbocycles. The zero-order valence-corrected chi connectivity index (χ0v) is 14.0. The zero-order chi connectivity index (χ0) is 19.1. The summed E-state index contributed by atoms with van der Waals surface area (Å²) in [5, 5.41) is 8.95. The van der Waals surface area contributed by atoms with Crippen LogP contribution in [0.25, 0.3) is 17.2 Å². The summed E-state index contributed by atoms with van der Waals surface area (Å²) in [6.07, 6.45) is 2.57. The van der Waals surface area contributed by atoms with E-state index in [0.717, 1.165) is 0 Å². The van der Waals surface area contributed by atoms with Crippen LogP contribution in [0.2, 0.25) is 0 Å². The fourth-order valence-electron chi connectivity index (χ4n) is 2.15. The molecule has 0 bridgehead atoms. The summed E-state index contributed by atoms with van der Waals surface area (Å²) in [6, 6.07) is 15.7. The first-order valence-corrected chi connectivity index (χ1v) is 7.90. The average Bonchev–Trinajstić information content (AvgIpc) is 3.12. The molecular weight excluding hydrogens is 348 g/mol. The molecule has 3 rings (SSSR count). The number of nitriles is 1. The van der Waals surface area contributed by atoms with Crippen LogP contribution < -0.4 is 15.6 Å². The lowest BCUT2D eigenvalue weighted by molar-refractivity contribution is -0.128. The molecule has 1 aromatic heterocycles. The van der Waals surface area contributed by atoms with Crippen molar-refractivity contribution >= 4 is 29.0 Å². The molecular formula is C19H14N4O4. The van der Waals surface area contributed by atoms with E-state index in [2.05, 4.69) is 15.8 Å². The molecule has 0 aliphatic heterocycles. The Kier molecular flexibility index (Phi) is 5.45. The number of para-hydroxylation sites is 3. The Morgan fingerprint density at radius 1 is 1.15 bits per heavy atom. The zero-order valence-electron chi connectivity index (χ0n) is 14.0. The van der Waals surface area contributed by atoms with Crippen LogP contribution in [0.1, 0.15) is 11.5 Å². The first-order valence-electron chi connectivity index (χ1n) is 7.90. The van der Waals surface area contributed by atoms with Gasteiger partial charge in [-0.25, -0.2) is 4.98 Å². The molecule has 0 radical (unpaired) electrons. The van der Waals surface area contributed by atoms with Gasteiger partial charge in [-0.1, -0.05) is 24.3 Å². The molecule has 3 aromatic rings. The molecule has 27 heavy (non-hydrogen) atoms. The van der Waals surface area contributed by atoms with E-state index in [1.807, 2.05) is 18.2 Å². The van der Waals surface area contributed by atoms with E-state index >= 15 is 0 Å². The number of ether oxygens (including phenoxy) is 1. The van der Waals surface area contributed by atoms with Crippen molar-refractivity contribution in [3.8, 4) is 11.8 Å². The summed E-state index contributed by atoms with van der Waals surface area (Å²) in [5.74, 6) is -0.583. The highest BCUT2D eigenvalue weighted by molar-refractivity contribution is 5.93. The second-order valence-electron chi connectivity index (χ2n) is 5.29. The van der Waals surface area contributed by atoms with Gasteiger partial charge in [0.2, 0.25) is 5.89 Å². The maximum atomic E-state index is 11.7. The quantitative estimate of drug-likeness (QED) is 0.529. The van der Waals surface area contributed by atoms with Gasteiger partial charge < -0.3 is 9.15 Å². The maximum absolute atomic E-state index is 11.7. The van der Waals surface area contributed by atoms with Crippen molar-refractivity contribution in [2.24, 2.45) is 0 Å². The van der Waals surface area contributed by atoms with Gasteiger partial charge in [0.05, 0.1) is 5.56 Å². The van der Waals surface area contributed by atoms with E-state index in [0.29, 0.717) is 16.7 Å². The van der Waals surface area contributed by atoms with Crippen molar-refractivity contribution in [1.29, 1.82) is 5.26 Å². The third kappa shape index (κ3) is 4.70. The Morgan fingerprint density at radius 3 is 2.74 bits per heavy atom. The predicted molar refractivity (Wildman–Crippen MR) is 96.0 cm³/mol. The summed E-state index contributed by atoms with van der Waals surface area (Å²) in [6.45, 7) is -0.353. The van der Waals surface area contributed by atoms with Gasteiger partial charge in [0, 0.05) is 12.2 Å². The molecule has 1 heterocycles. The van der Waals surface area contributed by atoms with Crippen LogP contribution in [0.15, 0.2) is 59.0 Å². The highest BCUT2D eigenvalue weighted by atomic mass is 16.5. The number of carbonyl (C=O) groups excluding carboxylic acids is 2. The van der Waals surface area contributed by atoms with Crippen LogP contribution in [0.3, 0.4) is 0 Å². The largest absolute Gasteiger partial charge is 0.482 e. The lowest BCUT2D eigenvalue weighted by atomic mass is 10.2. The van der Waals surface area contributed by atoms with Crippen LogP contribution in [-0.2, 0) is 9.59 Å². The van der Waals surface area contributed by atoms with Crippen molar-refractivity contribution in [2.45, 2.75) is 0 Å². The monoisotopic (exact) mass is 362 g/mol. The van der Waals surface area contributed by atoms with Crippen LogP contribution in [0, 0.1) is 11.3 Å². The highest BCUT2D eigenvalue weighted by Crippen LogP contribution is 2.16. The number of amides is 2. The molecule has 8 nitrogen and oxygen atoms in total. The average molecular weight is 362 g/mol. The predicted octanol–water partition coefficient (Wildman–Crippen LogP) is 1.94. The van der Waals surface area contributed by atoms with Crippen molar-refractivity contribution in [2.75, 3.05) is 6.61 Å². The normalized spacial score (nSPS) is 10.5. The molecule has 0 atom stereocenters. The molecule has 0 spiro atoms. The molecule has 134 valence electrons. The van der Waals surface area contributed by atoms with Gasteiger partial charge in [0.15, 0.2) is 12.2 Å². The molecule has 0 fully saturated rings. The van der Waals surface area contributed by atoms with Gasteiger partial charge in [-0.3, -0.25) is 20.4 Å². The molecule has 0 unspecified atom stereocenters. The van der Waals surface area contributed by atoms with Gasteiger partial charge in [-0.05, 0) is 24.3 Å².